The van der Waals surface area contributed by atoms with Crippen LogP contribution in [0.25, 0.3) is 0 Å². The molecule has 0 aliphatic carbocycles. The fourth-order valence-electron chi connectivity index (χ4n) is 0.876. The summed E-state index contributed by atoms with van der Waals surface area (Å²) in [6.07, 6.45) is 0.422. The number of hydrogen-bond donors (Lipinski definition) is 3. The van der Waals surface area contributed by atoms with E-state index in [9.17, 15) is 4.79 Å². The van der Waals surface area contributed by atoms with Crippen molar-refractivity contribution in [3.8, 4) is 5.75 Å². The average Bonchev–Trinajstić information content (AvgIpc) is 2.08. The Kier molecular flexibility index (Phi) is 3.23. The zero-order valence-electron chi connectivity index (χ0n) is 6.92. The predicted molar refractivity (Wildman–Crippen MR) is 50.8 cm³/mol. The lowest BCUT2D eigenvalue weighted by molar-refractivity contribution is -0.138. The maximum atomic E-state index is 10.4. The summed E-state index contributed by atoms with van der Waals surface area (Å²) in [5, 5.41) is 17.5. The van der Waals surface area contributed by atoms with Crippen LogP contribution in [0, 0.1) is 0 Å². The van der Waals surface area contributed by atoms with Crippen LogP contribution in [0.2, 0.25) is 0 Å². The van der Waals surface area contributed by atoms with Gasteiger partial charge in [0.25, 0.3) is 0 Å². The Labute approximate surface area is 76.7 Å². The molecule has 1 rings (SSSR count). The van der Waals surface area contributed by atoms with Gasteiger partial charge in [-0.2, -0.15) is 0 Å². The van der Waals surface area contributed by atoms with Crippen LogP contribution in [-0.2, 0) is 11.0 Å². The molecule has 0 aliphatic rings. The van der Waals surface area contributed by atoms with Gasteiger partial charge in [0.05, 0.1) is 0 Å². The summed E-state index contributed by atoms with van der Waals surface area (Å²) in [5.74, 6) is 2.81. The largest absolute Gasteiger partial charge is 0.508 e. The second kappa shape index (κ2) is 4.21. The minimum atomic E-state index is -0.983. The van der Waals surface area contributed by atoms with Crippen molar-refractivity contribution in [2.75, 3.05) is 0 Å². The molecule has 0 saturated heterocycles. The first-order chi connectivity index (χ1) is 6.09. The number of hydrogen-bond acceptors (Lipinski definition) is 3. The molecule has 0 fully saturated rings. The molecule has 4 N–H and O–H groups in total. The van der Waals surface area contributed by atoms with E-state index in [1.807, 2.05) is 0 Å². The van der Waals surface area contributed by atoms with E-state index in [0.717, 1.165) is 0 Å². The number of nitrogens with two attached hydrogens (primary N) is 1. The summed E-state index contributed by atoms with van der Waals surface area (Å²) in [4.78, 5) is 10.4. The fourth-order valence-corrected chi connectivity index (χ4v) is 2.52. The summed E-state index contributed by atoms with van der Waals surface area (Å²) < 4.78 is 0. The zero-order chi connectivity index (χ0) is 9.84. The maximum absolute atomic E-state index is 10.4. The van der Waals surface area contributed by atoms with Crippen molar-refractivity contribution >= 4 is 13.5 Å². The molecular formula is C8H11NO3P+. The molecule has 1 unspecified atom stereocenters. The second-order valence-electron chi connectivity index (χ2n) is 2.70. The Morgan fingerprint density at radius 3 is 2.54 bits per heavy atom. The van der Waals surface area contributed by atoms with Gasteiger partial charge in [-0.25, -0.2) is 0 Å². The van der Waals surface area contributed by atoms with Crippen LogP contribution in [0.4, 0.5) is 0 Å². The van der Waals surface area contributed by atoms with Gasteiger partial charge >= 0.3 is 5.97 Å². The van der Waals surface area contributed by atoms with E-state index in [1.165, 1.54) is 0 Å². The summed E-state index contributed by atoms with van der Waals surface area (Å²) in [6, 6.07) is 2.32. The molecule has 0 radical (unpaired) electrons. The van der Waals surface area contributed by atoms with Crippen LogP contribution >= 0.6 is 7.53 Å². The predicted octanol–water partition coefficient (Wildman–Crippen LogP) is 1.07. The molecule has 0 aromatic carbocycles. The van der Waals surface area contributed by atoms with Gasteiger partial charge in [-0.3, -0.25) is 4.79 Å². The lowest BCUT2D eigenvalue weighted by Gasteiger charge is -1.98. The van der Waals surface area contributed by atoms with Crippen molar-refractivity contribution in [1.82, 2.24) is 0 Å². The molecule has 1 heterocycles. The first-order valence-corrected chi connectivity index (χ1v) is 5.42. The number of aromatic hydroxyl groups is 1. The molecule has 0 amide bonds. The van der Waals surface area contributed by atoms with Gasteiger partial charge in [0, 0.05) is 12.1 Å². The molecular weight excluding hydrogens is 189 g/mol. The number of aliphatic carboxylic acids is 1. The Morgan fingerprint density at radius 2 is 2.08 bits per heavy atom. The van der Waals surface area contributed by atoms with Gasteiger partial charge in [0.1, 0.15) is 37.1 Å². The van der Waals surface area contributed by atoms with Crippen LogP contribution in [-0.4, -0.2) is 22.2 Å². The Morgan fingerprint density at radius 1 is 1.54 bits per heavy atom. The molecule has 0 spiro atoms. The third-order valence-electron chi connectivity index (χ3n) is 1.60. The number of carboxylic acid groups (broad SMARTS) is 1. The van der Waals surface area contributed by atoms with E-state index in [2.05, 4.69) is 0 Å². The van der Waals surface area contributed by atoms with E-state index in [1.54, 1.807) is 23.7 Å². The highest BCUT2D eigenvalue weighted by Crippen LogP contribution is 2.30. The summed E-state index contributed by atoms with van der Waals surface area (Å²) in [6.45, 7) is 0. The summed E-state index contributed by atoms with van der Waals surface area (Å²) in [7, 11) is -0.618. The van der Waals surface area contributed by atoms with Gasteiger partial charge in [0.2, 0.25) is 0 Å². The first-order valence-electron chi connectivity index (χ1n) is 3.76. The van der Waals surface area contributed by atoms with Crippen molar-refractivity contribution in [1.29, 1.82) is 0 Å². The van der Waals surface area contributed by atoms with Gasteiger partial charge in [-0.1, -0.05) is 0 Å². The normalized spacial score (nSPS) is 12.4. The lowest BCUT2D eigenvalue weighted by atomic mass is 10.4. The molecule has 1 atom stereocenters. The van der Waals surface area contributed by atoms with Crippen molar-refractivity contribution in [2.24, 2.45) is 5.73 Å². The SMILES string of the molecule is NC(C[p+]1ccc(O)cc1)C(=O)O. The van der Waals surface area contributed by atoms with E-state index in [0.29, 0.717) is 6.16 Å². The van der Waals surface area contributed by atoms with Crippen molar-refractivity contribution in [2.45, 2.75) is 12.2 Å². The molecule has 1 aromatic heterocycles. The van der Waals surface area contributed by atoms with E-state index >= 15 is 0 Å². The van der Waals surface area contributed by atoms with Crippen LogP contribution in [0.5, 0.6) is 5.75 Å². The van der Waals surface area contributed by atoms with E-state index in [-0.39, 0.29) is 5.75 Å². The monoisotopic (exact) mass is 200 g/mol. The molecule has 1 aromatic rings. The Balaban J connectivity index is 2.64. The standard InChI is InChI=1S/C8H10NO3P/c9-7(8(11)12)5-13-3-1-6(10)2-4-13/h1-4,7H,5,9H2,(H-,10,11,12)/p+1. The molecule has 0 bridgehead atoms. The summed E-state index contributed by atoms with van der Waals surface area (Å²) >= 11 is 0. The second-order valence-corrected chi connectivity index (χ2v) is 4.69. The Bertz CT molecular complexity index is 299. The fraction of sp³-hybridized carbons (Fsp3) is 0.250. The van der Waals surface area contributed by atoms with Gasteiger partial charge in [-0.15, -0.1) is 0 Å². The number of rotatable bonds is 3. The zero-order valence-corrected chi connectivity index (χ0v) is 7.82. The third kappa shape index (κ3) is 3.01. The molecule has 5 heteroatoms. The quantitative estimate of drug-likeness (QED) is 0.681. The molecule has 70 valence electrons. The lowest BCUT2D eigenvalue weighted by Crippen LogP contribution is -2.30. The first kappa shape index (κ1) is 9.96. The van der Waals surface area contributed by atoms with Gasteiger partial charge in [0.15, 0.2) is 0 Å². The minimum Gasteiger partial charge on any atom is -0.508 e. The summed E-state index contributed by atoms with van der Waals surface area (Å²) in [5.41, 5.74) is 5.36. The highest BCUT2D eigenvalue weighted by molar-refractivity contribution is 7.47. The van der Waals surface area contributed by atoms with Gasteiger partial charge in [-0.05, 0) is 0 Å². The molecule has 13 heavy (non-hydrogen) atoms. The van der Waals surface area contributed by atoms with E-state index in [4.69, 9.17) is 15.9 Å². The van der Waals surface area contributed by atoms with Crippen LogP contribution in [0.1, 0.15) is 0 Å². The topological polar surface area (TPSA) is 83.5 Å². The maximum Gasteiger partial charge on any atom is 0.324 e. The molecule has 4 nitrogen and oxygen atoms in total. The van der Waals surface area contributed by atoms with Crippen LogP contribution in [0.15, 0.2) is 23.7 Å². The van der Waals surface area contributed by atoms with E-state index < -0.39 is 19.5 Å². The van der Waals surface area contributed by atoms with Crippen molar-refractivity contribution in [3.05, 3.63) is 23.7 Å². The smallest absolute Gasteiger partial charge is 0.324 e. The number of carbonyl (C=O) groups is 1. The third-order valence-corrected chi connectivity index (χ3v) is 3.48. The van der Waals surface area contributed by atoms with Crippen LogP contribution in [0.3, 0.4) is 0 Å². The Hall–Kier alpha value is -1.12. The minimum absolute atomic E-state index is 0.197. The molecule has 0 saturated carbocycles. The number of carboxylic acids is 1. The van der Waals surface area contributed by atoms with Gasteiger partial charge < -0.3 is 15.9 Å². The van der Waals surface area contributed by atoms with Crippen molar-refractivity contribution < 1.29 is 15.0 Å². The van der Waals surface area contributed by atoms with Crippen LogP contribution < -0.4 is 5.73 Å². The highest BCUT2D eigenvalue weighted by Gasteiger charge is 2.18. The average molecular weight is 200 g/mol. The van der Waals surface area contributed by atoms with Crippen molar-refractivity contribution in [3.63, 3.8) is 0 Å². The highest BCUT2D eigenvalue weighted by atomic mass is 31.1. The molecule has 0 aliphatic heterocycles.